The Morgan fingerprint density at radius 1 is 1.29 bits per heavy atom. The minimum Gasteiger partial charge on any atom is -0.495 e. The van der Waals surface area contributed by atoms with E-state index in [1.54, 1.807) is 19.1 Å². The van der Waals surface area contributed by atoms with Gasteiger partial charge in [0.25, 0.3) is 5.91 Å². The van der Waals surface area contributed by atoms with Gasteiger partial charge in [0.05, 0.1) is 18.4 Å². The molecule has 2 aromatic rings. The molecule has 0 aliphatic rings. The summed E-state index contributed by atoms with van der Waals surface area (Å²) in [6.07, 6.45) is 2.84. The number of nitrogens with zero attached hydrogens (tertiary/aromatic N) is 1. The van der Waals surface area contributed by atoms with Gasteiger partial charge in [-0.2, -0.15) is 0 Å². The molecule has 0 fully saturated rings. The molecule has 0 bridgehead atoms. The lowest BCUT2D eigenvalue weighted by Gasteiger charge is -2.10. The largest absolute Gasteiger partial charge is 0.495 e. The van der Waals surface area contributed by atoms with E-state index in [1.165, 1.54) is 31.6 Å². The summed E-state index contributed by atoms with van der Waals surface area (Å²) in [6.45, 7) is 2.29. The van der Waals surface area contributed by atoms with Crippen LogP contribution in [0.2, 0.25) is 0 Å². The van der Waals surface area contributed by atoms with Gasteiger partial charge in [0.2, 0.25) is 0 Å². The van der Waals surface area contributed by atoms with E-state index in [2.05, 4.69) is 26.2 Å². The summed E-state index contributed by atoms with van der Waals surface area (Å²) in [4.78, 5) is 15.9. The van der Waals surface area contributed by atoms with Crippen molar-refractivity contribution >= 4 is 31.7 Å². The molecule has 0 saturated carbocycles. The average Bonchev–Trinajstić information content (AvgIpc) is 2.55. The zero-order valence-corrected chi connectivity index (χ0v) is 15.6. The number of benzene rings is 1. The van der Waals surface area contributed by atoms with Crippen molar-refractivity contribution in [2.24, 2.45) is 0 Å². The van der Waals surface area contributed by atoms with Gasteiger partial charge in [-0.05, 0) is 36.8 Å². The first kappa shape index (κ1) is 18.4. The fourth-order valence-corrected chi connectivity index (χ4v) is 4.17. The Hall–Kier alpha value is -1.93. The number of carbonyl (C=O) groups is 1. The molecular formula is C16H17BrN2O4S. The number of pyridine rings is 1. The average molecular weight is 413 g/mol. The van der Waals surface area contributed by atoms with Gasteiger partial charge in [0.1, 0.15) is 10.6 Å². The number of aromatic nitrogens is 1. The van der Waals surface area contributed by atoms with Crippen molar-refractivity contribution in [2.45, 2.75) is 17.6 Å². The van der Waals surface area contributed by atoms with Gasteiger partial charge in [0, 0.05) is 23.4 Å². The van der Waals surface area contributed by atoms with E-state index >= 15 is 0 Å². The van der Waals surface area contributed by atoms with Crippen molar-refractivity contribution in [2.75, 3.05) is 13.7 Å². The number of carbonyl (C=O) groups excluding carboxylic acids is 1. The van der Waals surface area contributed by atoms with Crippen LogP contribution in [0.3, 0.4) is 0 Å². The van der Waals surface area contributed by atoms with Crippen LogP contribution in [0.25, 0.3) is 0 Å². The highest BCUT2D eigenvalue weighted by atomic mass is 79.9. The fraction of sp³-hybridized carbons (Fsp3) is 0.250. The molecule has 0 aliphatic heterocycles. The number of halogens is 1. The van der Waals surface area contributed by atoms with Gasteiger partial charge < -0.3 is 10.1 Å². The Bertz CT molecular complexity index is 853. The standard InChI is InChI=1S/C16H17BrN2O4S/c1-3-19-16(20)12-6-11(8-18-9-12)10-24(21,22)15-7-13(17)4-5-14(15)23-2/h4-9H,3,10H2,1-2H3,(H,19,20). The second-order valence-corrected chi connectivity index (χ2v) is 7.87. The van der Waals surface area contributed by atoms with Crippen LogP contribution in [-0.4, -0.2) is 33.0 Å². The van der Waals surface area contributed by atoms with Gasteiger partial charge in [-0.25, -0.2) is 8.42 Å². The minimum atomic E-state index is -3.66. The molecule has 0 saturated heterocycles. The number of ether oxygens (including phenoxy) is 1. The van der Waals surface area contributed by atoms with Crippen molar-refractivity contribution in [3.63, 3.8) is 0 Å². The van der Waals surface area contributed by atoms with Gasteiger partial charge in [-0.15, -0.1) is 0 Å². The van der Waals surface area contributed by atoms with Crippen LogP contribution < -0.4 is 10.1 Å². The molecule has 0 spiro atoms. The van der Waals surface area contributed by atoms with E-state index in [4.69, 9.17) is 4.74 Å². The van der Waals surface area contributed by atoms with Crippen molar-refractivity contribution in [1.29, 1.82) is 0 Å². The van der Waals surface area contributed by atoms with E-state index < -0.39 is 9.84 Å². The number of rotatable bonds is 6. The summed E-state index contributed by atoms with van der Waals surface area (Å²) in [6, 6.07) is 6.31. The van der Waals surface area contributed by atoms with Crippen LogP contribution in [0, 0.1) is 0 Å². The zero-order chi connectivity index (χ0) is 17.7. The SMILES string of the molecule is CCNC(=O)c1cncc(CS(=O)(=O)c2cc(Br)ccc2OC)c1. The lowest BCUT2D eigenvalue weighted by atomic mass is 10.2. The molecule has 1 heterocycles. The zero-order valence-electron chi connectivity index (χ0n) is 13.2. The number of hydrogen-bond acceptors (Lipinski definition) is 5. The molecule has 0 unspecified atom stereocenters. The number of amides is 1. The Morgan fingerprint density at radius 3 is 2.71 bits per heavy atom. The maximum atomic E-state index is 12.7. The molecule has 1 amide bonds. The third-order valence-electron chi connectivity index (χ3n) is 3.21. The quantitative estimate of drug-likeness (QED) is 0.787. The first-order valence-electron chi connectivity index (χ1n) is 7.15. The van der Waals surface area contributed by atoms with E-state index in [1.807, 2.05) is 0 Å². The summed E-state index contributed by atoms with van der Waals surface area (Å²) >= 11 is 3.27. The minimum absolute atomic E-state index is 0.0859. The molecule has 24 heavy (non-hydrogen) atoms. The maximum Gasteiger partial charge on any atom is 0.252 e. The monoisotopic (exact) mass is 412 g/mol. The molecule has 1 N–H and O–H groups in total. The number of methoxy groups -OCH3 is 1. The molecule has 2 rings (SSSR count). The summed E-state index contributed by atoms with van der Waals surface area (Å²) in [5.41, 5.74) is 0.756. The summed E-state index contributed by atoms with van der Waals surface area (Å²) in [5, 5.41) is 2.65. The number of nitrogens with one attached hydrogen (secondary N) is 1. The Kier molecular flexibility index (Phi) is 5.95. The topological polar surface area (TPSA) is 85.4 Å². The lowest BCUT2D eigenvalue weighted by Crippen LogP contribution is -2.23. The third kappa shape index (κ3) is 4.33. The predicted octanol–water partition coefficient (Wildman–Crippen LogP) is 2.58. The summed E-state index contributed by atoms with van der Waals surface area (Å²) in [7, 11) is -2.24. The molecular weight excluding hydrogens is 396 g/mol. The first-order chi connectivity index (χ1) is 11.4. The Morgan fingerprint density at radius 2 is 2.04 bits per heavy atom. The lowest BCUT2D eigenvalue weighted by molar-refractivity contribution is 0.0955. The van der Waals surface area contributed by atoms with Crippen molar-refractivity contribution < 1.29 is 17.9 Å². The summed E-state index contributed by atoms with van der Waals surface area (Å²) in [5.74, 6) is -0.296. The van der Waals surface area contributed by atoms with E-state index in [0.29, 0.717) is 22.1 Å². The molecule has 0 radical (unpaired) electrons. The van der Waals surface area contributed by atoms with Crippen molar-refractivity contribution in [3.8, 4) is 5.75 Å². The van der Waals surface area contributed by atoms with Gasteiger partial charge in [-0.1, -0.05) is 15.9 Å². The van der Waals surface area contributed by atoms with Crippen molar-refractivity contribution in [3.05, 3.63) is 52.3 Å². The van der Waals surface area contributed by atoms with E-state index in [-0.39, 0.29) is 22.3 Å². The highest BCUT2D eigenvalue weighted by Gasteiger charge is 2.21. The third-order valence-corrected chi connectivity index (χ3v) is 5.41. The van der Waals surface area contributed by atoms with Gasteiger partial charge in [0.15, 0.2) is 9.84 Å². The molecule has 0 atom stereocenters. The Balaban J connectivity index is 2.35. The maximum absolute atomic E-state index is 12.7. The van der Waals surface area contributed by atoms with Crippen LogP contribution in [0.15, 0.2) is 46.0 Å². The van der Waals surface area contributed by atoms with Crippen LogP contribution in [0.5, 0.6) is 5.75 Å². The second kappa shape index (κ2) is 7.76. The number of hydrogen-bond donors (Lipinski definition) is 1. The van der Waals surface area contributed by atoms with E-state index in [9.17, 15) is 13.2 Å². The highest BCUT2D eigenvalue weighted by Crippen LogP contribution is 2.29. The molecule has 1 aromatic heterocycles. The Labute approximate surface area is 149 Å². The highest BCUT2D eigenvalue weighted by molar-refractivity contribution is 9.10. The first-order valence-corrected chi connectivity index (χ1v) is 9.60. The molecule has 6 nitrogen and oxygen atoms in total. The van der Waals surface area contributed by atoms with Crippen LogP contribution in [-0.2, 0) is 15.6 Å². The summed E-state index contributed by atoms with van der Waals surface area (Å²) < 4.78 is 31.2. The normalized spacial score (nSPS) is 11.1. The van der Waals surface area contributed by atoms with Gasteiger partial charge >= 0.3 is 0 Å². The van der Waals surface area contributed by atoms with Crippen LogP contribution in [0.4, 0.5) is 0 Å². The molecule has 0 aliphatic carbocycles. The smallest absolute Gasteiger partial charge is 0.252 e. The fourth-order valence-electron chi connectivity index (χ4n) is 2.14. The number of sulfone groups is 1. The van der Waals surface area contributed by atoms with Crippen molar-refractivity contribution in [1.82, 2.24) is 10.3 Å². The van der Waals surface area contributed by atoms with Crippen LogP contribution in [0.1, 0.15) is 22.8 Å². The van der Waals surface area contributed by atoms with Crippen LogP contribution >= 0.6 is 15.9 Å². The molecule has 8 heteroatoms. The van der Waals surface area contributed by atoms with E-state index in [0.717, 1.165) is 0 Å². The van der Waals surface area contributed by atoms with Gasteiger partial charge in [-0.3, -0.25) is 9.78 Å². The molecule has 128 valence electrons. The molecule has 1 aromatic carbocycles. The predicted molar refractivity (Wildman–Crippen MR) is 93.8 cm³/mol. The second-order valence-electron chi connectivity index (χ2n) is 5.00.